The van der Waals surface area contributed by atoms with Crippen LogP contribution in [0, 0.1) is 0 Å². The van der Waals surface area contributed by atoms with Crippen molar-refractivity contribution < 1.29 is 14.6 Å². The van der Waals surface area contributed by atoms with Crippen molar-refractivity contribution in [2.75, 3.05) is 20.3 Å². The molecule has 3 atom stereocenters. The smallest absolute Gasteiger partial charge is 0.171 e. The van der Waals surface area contributed by atoms with Gasteiger partial charge in [0.15, 0.2) is 5.79 Å². The van der Waals surface area contributed by atoms with Crippen LogP contribution in [0.3, 0.4) is 0 Å². The second kappa shape index (κ2) is 2.92. The number of aliphatic hydroxyl groups excluding tert-OH is 1. The van der Waals surface area contributed by atoms with Gasteiger partial charge in [0, 0.05) is 24.9 Å². The van der Waals surface area contributed by atoms with Crippen molar-refractivity contribution in [3.63, 3.8) is 0 Å². The zero-order valence-electron chi connectivity index (χ0n) is 8.48. The highest BCUT2D eigenvalue weighted by Crippen LogP contribution is 2.43. The molecule has 0 amide bonds. The summed E-state index contributed by atoms with van der Waals surface area (Å²) in [5.41, 5.74) is 0. The highest BCUT2D eigenvalue weighted by molar-refractivity contribution is 5.03. The summed E-state index contributed by atoms with van der Waals surface area (Å²) in [5.74, 6) is -0.362. The first kappa shape index (κ1) is 9.09. The molecule has 80 valence electrons. The predicted molar refractivity (Wildman–Crippen MR) is 49.8 cm³/mol. The Labute approximate surface area is 83.8 Å². The number of piperidine rings is 1. The fourth-order valence-corrected chi connectivity index (χ4v) is 3.15. The van der Waals surface area contributed by atoms with Crippen LogP contribution in [0.4, 0.5) is 0 Å². The van der Waals surface area contributed by atoms with E-state index in [1.54, 1.807) is 0 Å². The minimum atomic E-state index is -0.362. The van der Waals surface area contributed by atoms with Gasteiger partial charge in [-0.2, -0.15) is 0 Å². The molecule has 3 aliphatic rings. The number of nitrogens with zero attached hydrogens (tertiary/aromatic N) is 1. The van der Waals surface area contributed by atoms with Crippen LogP contribution in [-0.4, -0.2) is 54.2 Å². The molecule has 3 saturated heterocycles. The number of ether oxygens (including phenoxy) is 2. The zero-order chi connectivity index (χ0) is 9.76. The van der Waals surface area contributed by atoms with Gasteiger partial charge in [0.2, 0.25) is 0 Å². The molecule has 4 heteroatoms. The fraction of sp³-hybridized carbons (Fsp3) is 1.00. The normalized spacial score (nSPS) is 46.3. The van der Waals surface area contributed by atoms with Crippen LogP contribution in [0.1, 0.15) is 19.3 Å². The molecule has 3 heterocycles. The molecule has 1 spiro atoms. The van der Waals surface area contributed by atoms with E-state index in [-0.39, 0.29) is 17.9 Å². The molecule has 0 aromatic heterocycles. The van der Waals surface area contributed by atoms with E-state index in [9.17, 15) is 5.11 Å². The maximum absolute atomic E-state index is 9.86. The van der Waals surface area contributed by atoms with E-state index in [0.29, 0.717) is 19.3 Å². The molecule has 4 nitrogen and oxygen atoms in total. The van der Waals surface area contributed by atoms with Gasteiger partial charge in [-0.05, 0) is 13.5 Å². The SMILES string of the molecule is CN1[C@@H]2C[C@H](O)[C@H]1CC1(C2)OCCO1. The van der Waals surface area contributed by atoms with Gasteiger partial charge in [-0.15, -0.1) is 0 Å². The first-order valence-electron chi connectivity index (χ1n) is 5.38. The van der Waals surface area contributed by atoms with Gasteiger partial charge >= 0.3 is 0 Å². The van der Waals surface area contributed by atoms with Crippen molar-refractivity contribution in [3.05, 3.63) is 0 Å². The molecule has 0 aromatic carbocycles. The number of hydrogen-bond acceptors (Lipinski definition) is 4. The van der Waals surface area contributed by atoms with Crippen LogP contribution in [0.2, 0.25) is 0 Å². The molecule has 14 heavy (non-hydrogen) atoms. The van der Waals surface area contributed by atoms with E-state index >= 15 is 0 Å². The molecular formula is C10H17NO3. The summed E-state index contributed by atoms with van der Waals surface area (Å²) in [7, 11) is 2.09. The number of hydrogen-bond donors (Lipinski definition) is 1. The van der Waals surface area contributed by atoms with Crippen molar-refractivity contribution in [3.8, 4) is 0 Å². The lowest BCUT2D eigenvalue weighted by Crippen LogP contribution is -2.51. The average Bonchev–Trinajstić information content (AvgIpc) is 2.63. The molecule has 3 fully saturated rings. The van der Waals surface area contributed by atoms with Crippen molar-refractivity contribution in [1.29, 1.82) is 0 Å². The largest absolute Gasteiger partial charge is 0.391 e. The summed E-state index contributed by atoms with van der Waals surface area (Å²) in [5, 5.41) is 9.86. The minimum absolute atomic E-state index is 0.197. The third-order valence-electron chi connectivity index (χ3n) is 3.94. The molecule has 1 N–H and O–H groups in total. The number of rotatable bonds is 0. The Morgan fingerprint density at radius 3 is 2.64 bits per heavy atom. The van der Waals surface area contributed by atoms with Gasteiger partial charge in [-0.1, -0.05) is 0 Å². The summed E-state index contributed by atoms with van der Waals surface area (Å²) in [6.45, 7) is 1.42. The van der Waals surface area contributed by atoms with Gasteiger partial charge in [0.1, 0.15) is 0 Å². The number of fused-ring (bicyclic) bond motifs is 2. The average molecular weight is 199 g/mol. The first-order valence-corrected chi connectivity index (χ1v) is 5.38. The van der Waals surface area contributed by atoms with Crippen LogP contribution < -0.4 is 0 Å². The van der Waals surface area contributed by atoms with E-state index in [1.165, 1.54) is 0 Å². The molecule has 3 rings (SSSR count). The van der Waals surface area contributed by atoms with Crippen LogP contribution in [0.15, 0.2) is 0 Å². The van der Waals surface area contributed by atoms with Gasteiger partial charge in [0.05, 0.1) is 19.3 Å². The standard InChI is InChI=1S/C10H17NO3/c1-11-7-4-9(12)8(11)6-10(5-7)13-2-3-14-10/h7-9,12H,2-6H2,1H3/t7-,8-,9+/m1/s1. The third kappa shape index (κ3) is 1.15. The Kier molecular flexibility index (Phi) is 1.89. The maximum Gasteiger partial charge on any atom is 0.171 e. The molecular weight excluding hydrogens is 182 g/mol. The zero-order valence-corrected chi connectivity index (χ0v) is 8.48. The molecule has 0 aliphatic carbocycles. The van der Waals surface area contributed by atoms with E-state index in [4.69, 9.17) is 9.47 Å². The third-order valence-corrected chi connectivity index (χ3v) is 3.94. The Bertz CT molecular complexity index is 240. The second-order valence-electron chi connectivity index (χ2n) is 4.71. The Morgan fingerprint density at radius 1 is 1.29 bits per heavy atom. The minimum Gasteiger partial charge on any atom is -0.391 e. The second-order valence-corrected chi connectivity index (χ2v) is 4.71. The van der Waals surface area contributed by atoms with Crippen LogP contribution >= 0.6 is 0 Å². The Morgan fingerprint density at radius 2 is 2.00 bits per heavy atom. The predicted octanol–water partition coefficient (Wildman–Crippen LogP) is -0.0431. The summed E-state index contributed by atoms with van der Waals surface area (Å²) in [6.07, 6.45) is 2.41. The molecule has 0 radical (unpaired) electrons. The maximum atomic E-state index is 9.86. The molecule has 0 unspecified atom stereocenters. The van der Waals surface area contributed by atoms with Gasteiger partial charge in [0.25, 0.3) is 0 Å². The molecule has 0 saturated carbocycles. The lowest BCUT2D eigenvalue weighted by molar-refractivity contribution is -0.199. The summed E-state index contributed by atoms with van der Waals surface area (Å²) in [4.78, 5) is 2.28. The van der Waals surface area contributed by atoms with E-state index in [2.05, 4.69) is 11.9 Å². The van der Waals surface area contributed by atoms with Crippen LogP contribution in [0.25, 0.3) is 0 Å². The molecule has 0 aromatic rings. The highest BCUT2D eigenvalue weighted by Gasteiger charge is 2.53. The highest BCUT2D eigenvalue weighted by atomic mass is 16.7. The topological polar surface area (TPSA) is 41.9 Å². The lowest BCUT2D eigenvalue weighted by Gasteiger charge is -2.41. The quantitative estimate of drug-likeness (QED) is 0.594. The summed E-state index contributed by atoms with van der Waals surface area (Å²) >= 11 is 0. The Balaban J connectivity index is 1.84. The van der Waals surface area contributed by atoms with Crippen molar-refractivity contribution in [1.82, 2.24) is 4.90 Å². The summed E-state index contributed by atoms with van der Waals surface area (Å²) < 4.78 is 11.4. The van der Waals surface area contributed by atoms with Crippen molar-refractivity contribution in [2.45, 2.75) is 43.2 Å². The van der Waals surface area contributed by atoms with Gasteiger partial charge in [-0.25, -0.2) is 0 Å². The lowest BCUT2D eigenvalue weighted by atomic mass is 9.96. The monoisotopic (exact) mass is 199 g/mol. The van der Waals surface area contributed by atoms with Crippen LogP contribution in [0.5, 0.6) is 0 Å². The van der Waals surface area contributed by atoms with E-state index < -0.39 is 0 Å². The van der Waals surface area contributed by atoms with Crippen molar-refractivity contribution >= 4 is 0 Å². The number of likely N-dealkylation sites (N-methyl/N-ethyl adjacent to an activating group) is 1. The molecule has 3 aliphatic heterocycles. The Hall–Kier alpha value is -0.160. The molecule has 2 bridgehead atoms. The van der Waals surface area contributed by atoms with E-state index in [1.807, 2.05) is 0 Å². The van der Waals surface area contributed by atoms with Crippen molar-refractivity contribution in [2.24, 2.45) is 0 Å². The van der Waals surface area contributed by atoms with Crippen LogP contribution in [-0.2, 0) is 9.47 Å². The van der Waals surface area contributed by atoms with E-state index in [0.717, 1.165) is 19.3 Å². The fourth-order valence-electron chi connectivity index (χ4n) is 3.15. The first-order chi connectivity index (χ1) is 6.70. The summed E-state index contributed by atoms with van der Waals surface area (Å²) in [6, 6.07) is 0.661. The van der Waals surface area contributed by atoms with Gasteiger partial charge < -0.3 is 14.6 Å². The van der Waals surface area contributed by atoms with Gasteiger partial charge in [-0.3, -0.25) is 4.90 Å². The number of aliphatic hydroxyl groups is 1.